The van der Waals surface area contributed by atoms with E-state index >= 15 is 0 Å². The fraction of sp³-hybridized carbons (Fsp3) is 0.435. The van der Waals surface area contributed by atoms with Crippen LogP contribution < -0.4 is 0 Å². The first-order valence-corrected chi connectivity index (χ1v) is 9.89. The molecule has 2 aromatic rings. The molecule has 0 aliphatic carbocycles. The van der Waals surface area contributed by atoms with Crippen LogP contribution in [0.5, 0.6) is 0 Å². The zero-order chi connectivity index (χ0) is 17.9. The van der Waals surface area contributed by atoms with Crippen LogP contribution >= 0.6 is 0 Å². The van der Waals surface area contributed by atoms with Gasteiger partial charge in [0.25, 0.3) is 0 Å². The van der Waals surface area contributed by atoms with E-state index in [0.29, 0.717) is 18.0 Å². The van der Waals surface area contributed by atoms with Crippen molar-refractivity contribution in [2.24, 2.45) is 0 Å². The van der Waals surface area contributed by atoms with Crippen molar-refractivity contribution in [1.29, 1.82) is 0 Å². The lowest BCUT2D eigenvalue weighted by Gasteiger charge is -2.42. The van der Waals surface area contributed by atoms with Crippen LogP contribution in [0.25, 0.3) is 0 Å². The van der Waals surface area contributed by atoms with E-state index < -0.39 is 0 Å². The molecule has 2 fully saturated rings. The van der Waals surface area contributed by atoms with E-state index in [2.05, 4.69) is 59.2 Å². The Morgan fingerprint density at radius 1 is 0.962 bits per heavy atom. The number of benzene rings is 2. The summed E-state index contributed by atoms with van der Waals surface area (Å²) in [7, 11) is 0. The molecule has 0 aromatic heterocycles. The molecule has 1 amide bonds. The summed E-state index contributed by atoms with van der Waals surface area (Å²) in [6.45, 7) is 5.12. The predicted molar refractivity (Wildman–Crippen MR) is 105 cm³/mol. The molecule has 3 heteroatoms. The fourth-order valence-corrected chi connectivity index (χ4v) is 4.74. The van der Waals surface area contributed by atoms with Gasteiger partial charge in [-0.15, -0.1) is 0 Å². The van der Waals surface area contributed by atoms with E-state index in [0.717, 1.165) is 44.5 Å². The van der Waals surface area contributed by atoms with E-state index in [1.165, 1.54) is 5.56 Å². The Labute approximate surface area is 156 Å². The maximum absolute atomic E-state index is 13.4. The van der Waals surface area contributed by atoms with E-state index in [9.17, 15) is 4.79 Å². The molecule has 2 aromatic carbocycles. The zero-order valence-corrected chi connectivity index (χ0v) is 15.6. The average Bonchev–Trinajstić information content (AvgIpc) is 2.95. The van der Waals surface area contributed by atoms with Crippen LogP contribution in [0, 0.1) is 0 Å². The van der Waals surface area contributed by atoms with Crippen molar-refractivity contribution in [2.45, 2.75) is 50.7 Å². The van der Waals surface area contributed by atoms with Crippen molar-refractivity contribution in [3.8, 4) is 0 Å². The molecule has 3 nitrogen and oxygen atoms in total. The average molecular weight is 348 g/mol. The molecule has 2 aliphatic heterocycles. The lowest BCUT2D eigenvalue weighted by Crippen LogP contribution is -2.56. The normalized spacial score (nSPS) is 23.8. The van der Waals surface area contributed by atoms with Gasteiger partial charge in [0.15, 0.2) is 0 Å². The molecule has 26 heavy (non-hydrogen) atoms. The van der Waals surface area contributed by atoms with Gasteiger partial charge in [-0.05, 0) is 30.4 Å². The summed E-state index contributed by atoms with van der Waals surface area (Å²) in [5.41, 5.74) is 2.52. The Balaban J connectivity index is 1.47. The first-order chi connectivity index (χ1) is 12.8. The van der Waals surface area contributed by atoms with Crippen LogP contribution in [-0.2, 0) is 11.3 Å². The fourth-order valence-electron chi connectivity index (χ4n) is 4.74. The number of hydrogen-bond acceptors (Lipinski definition) is 2. The molecule has 3 atom stereocenters. The van der Waals surface area contributed by atoms with E-state index in [4.69, 9.17) is 0 Å². The quantitative estimate of drug-likeness (QED) is 0.814. The van der Waals surface area contributed by atoms with E-state index in [1.807, 2.05) is 18.2 Å². The highest BCUT2D eigenvalue weighted by atomic mass is 16.2. The van der Waals surface area contributed by atoms with Crippen molar-refractivity contribution >= 4 is 5.91 Å². The smallest absolute Gasteiger partial charge is 0.230 e. The second-order valence-corrected chi connectivity index (χ2v) is 7.68. The number of rotatable bonds is 5. The Bertz CT molecular complexity index is 716. The number of carbonyl (C=O) groups excluding carboxylic acids is 1. The van der Waals surface area contributed by atoms with Gasteiger partial charge in [-0.2, -0.15) is 0 Å². The van der Waals surface area contributed by atoms with E-state index in [-0.39, 0.29) is 5.92 Å². The molecular weight excluding hydrogens is 320 g/mol. The van der Waals surface area contributed by atoms with Crippen molar-refractivity contribution in [3.05, 3.63) is 71.8 Å². The standard InChI is InChI=1S/C23H28N2O/c1-2-22(19-11-7-4-8-12-19)23(26)25-20-13-14-21(25)17-24(16-20)15-18-9-5-3-6-10-18/h3-12,20-22H,2,13-17H2,1H3/t20-,21-,22+/m0/s1. The second kappa shape index (κ2) is 7.63. The molecule has 2 aliphatic rings. The highest BCUT2D eigenvalue weighted by Gasteiger charge is 2.44. The number of piperazine rings is 1. The lowest BCUT2D eigenvalue weighted by atomic mass is 9.94. The molecule has 0 saturated carbocycles. The molecule has 2 heterocycles. The molecule has 0 spiro atoms. The predicted octanol–water partition coefficient (Wildman–Crippen LogP) is 4.06. The molecule has 2 bridgehead atoms. The molecule has 0 N–H and O–H groups in total. The highest BCUT2D eigenvalue weighted by Crippen LogP contribution is 2.34. The SMILES string of the molecule is CC[C@@H](C(=O)N1[C@H]2CC[C@H]1CN(Cc1ccccc1)C2)c1ccccc1. The van der Waals surface area contributed by atoms with Crippen LogP contribution in [0.2, 0.25) is 0 Å². The Hall–Kier alpha value is -2.13. The Kier molecular flexibility index (Phi) is 5.07. The Morgan fingerprint density at radius 2 is 1.54 bits per heavy atom. The van der Waals surface area contributed by atoms with Crippen molar-refractivity contribution in [3.63, 3.8) is 0 Å². The minimum absolute atomic E-state index is 0.0000247. The number of hydrogen-bond donors (Lipinski definition) is 0. The maximum atomic E-state index is 13.4. The van der Waals surface area contributed by atoms with Gasteiger partial charge in [-0.25, -0.2) is 0 Å². The third-order valence-corrected chi connectivity index (χ3v) is 5.97. The van der Waals surface area contributed by atoms with Gasteiger partial charge >= 0.3 is 0 Å². The third-order valence-electron chi connectivity index (χ3n) is 5.97. The summed E-state index contributed by atoms with van der Waals surface area (Å²) in [5.74, 6) is 0.338. The first kappa shape index (κ1) is 17.3. The number of amides is 1. The van der Waals surface area contributed by atoms with Crippen LogP contribution in [0.15, 0.2) is 60.7 Å². The lowest BCUT2D eigenvalue weighted by molar-refractivity contribution is -0.138. The van der Waals surface area contributed by atoms with Crippen LogP contribution in [0.3, 0.4) is 0 Å². The van der Waals surface area contributed by atoms with Gasteiger partial charge in [0.1, 0.15) is 0 Å². The number of fused-ring (bicyclic) bond motifs is 2. The summed E-state index contributed by atoms with van der Waals surface area (Å²) in [5, 5.41) is 0. The summed E-state index contributed by atoms with van der Waals surface area (Å²) < 4.78 is 0. The zero-order valence-electron chi connectivity index (χ0n) is 15.6. The minimum Gasteiger partial charge on any atom is -0.334 e. The number of nitrogens with zero attached hydrogens (tertiary/aromatic N) is 2. The molecular formula is C23H28N2O. The summed E-state index contributed by atoms with van der Waals surface area (Å²) in [6.07, 6.45) is 3.16. The number of carbonyl (C=O) groups is 1. The van der Waals surface area contributed by atoms with E-state index in [1.54, 1.807) is 0 Å². The second-order valence-electron chi connectivity index (χ2n) is 7.68. The molecule has 0 radical (unpaired) electrons. The summed E-state index contributed by atoms with van der Waals surface area (Å²) in [4.78, 5) is 18.1. The maximum Gasteiger partial charge on any atom is 0.230 e. The van der Waals surface area contributed by atoms with Crippen molar-refractivity contribution < 1.29 is 4.79 Å². The number of likely N-dealkylation sites (tertiary alicyclic amines) is 1. The largest absolute Gasteiger partial charge is 0.334 e. The van der Waals surface area contributed by atoms with Gasteiger partial charge in [0.2, 0.25) is 5.91 Å². The monoisotopic (exact) mass is 348 g/mol. The van der Waals surface area contributed by atoms with Crippen molar-refractivity contribution in [1.82, 2.24) is 9.80 Å². The summed E-state index contributed by atoms with van der Waals surface area (Å²) >= 11 is 0. The molecule has 136 valence electrons. The van der Waals surface area contributed by atoms with Gasteiger partial charge < -0.3 is 4.90 Å². The van der Waals surface area contributed by atoms with Crippen LogP contribution in [0.4, 0.5) is 0 Å². The van der Waals surface area contributed by atoms with Gasteiger partial charge in [0.05, 0.1) is 5.92 Å². The van der Waals surface area contributed by atoms with Gasteiger partial charge in [0, 0.05) is 31.7 Å². The van der Waals surface area contributed by atoms with Crippen LogP contribution in [0.1, 0.15) is 43.2 Å². The van der Waals surface area contributed by atoms with Crippen LogP contribution in [-0.4, -0.2) is 40.9 Å². The molecule has 2 saturated heterocycles. The molecule has 0 unspecified atom stereocenters. The highest BCUT2D eigenvalue weighted by molar-refractivity contribution is 5.84. The first-order valence-electron chi connectivity index (χ1n) is 9.89. The molecule has 4 rings (SSSR count). The minimum atomic E-state index is -0.0000247. The third kappa shape index (κ3) is 3.41. The van der Waals surface area contributed by atoms with Crippen molar-refractivity contribution in [2.75, 3.05) is 13.1 Å². The Morgan fingerprint density at radius 3 is 2.12 bits per heavy atom. The van der Waals surface area contributed by atoms with Gasteiger partial charge in [-0.1, -0.05) is 67.6 Å². The van der Waals surface area contributed by atoms with Gasteiger partial charge in [-0.3, -0.25) is 9.69 Å². The topological polar surface area (TPSA) is 23.6 Å². The summed E-state index contributed by atoms with van der Waals surface area (Å²) in [6, 6.07) is 21.7.